The number of rotatable bonds is 0. The smallest absolute Gasteiger partial charge is 0.309 e. The summed E-state index contributed by atoms with van der Waals surface area (Å²) in [6.45, 7) is 0.647. The molecule has 2 atom stereocenters. The van der Waals surface area contributed by atoms with Crippen LogP contribution in [0.4, 0.5) is 0 Å². The molecule has 10 heavy (non-hydrogen) atoms. The zero-order valence-corrected chi connectivity index (χ0v) is 5.75. The first-order valence-corrected chi connectivity index (χ1v) is 3.69. The van der Waals surface area contributed by atoms with Crippen molar-refractivity contribution in [3.8, 4) is 0 Å². The molecule has 0 amide bonds. The molecule has 1 aliphatic carbocycles. The van der Waals surface area contributed by atoms with E-state index >= 15 is 0 Å². The van der Waals surface area contributed by atoms with Crippen molar-refractivity contribution in [1.82, 2.24) is 0 Å². The summed E-state index contributed by atoms with van der Waals surface area (Å²) in [5, 5.41) is 0. The van der Waals surface area contributed by atoms with Crippen molar-refractivity contribution in [2.75, 3.05) is 6.61 Å². The van der Waals surface area contributed by atoms with Crippen LogP contribution in [-0.2, 0) is 9.53 Å². The number of cyclic esters (lactones) is 1. The number of hydrogen-bond acceptors (Lipinski definition) is 2. The van der Waals surface area contributed by atoms with Crippen LogP contribution in [0.2, 0.25) is 0 Å². The molecule has 0 spiro atoms. The largest absolute Gasteiger partial charge is 0.465 e. The van der Waals surface area contributed by atoms with Crippen molar-refractivity contribution in [2.45, 2.75) is 12.8 Å². The van der Waals surface area contributed by atoms with E-state index < -0.39 is 0 Å². The number of fused-ring (bicyclic) bond motifs is 1. The lowest BCUT2D eigenvalue weighted by molar-refractivity contribution is -0.141. The molecule has 2 nitrogen and oxygen atoms in total. The Labute approximate surface area is 59.9 Å². The van der Waals surface area contributed by atoms with Crippen LogP contribution in [0.25, 0.3) is 0 Å². The van der Waals surface area contributed by atoms with Crippen molar-refractivity contribution in [2.24, 2.45) is 11.8 Å². The lowest BCUT2D eigenvalue weighted by Gasteiger charge is -2.14. The molecule has 54 valence electrons. The third-order valence-electron chi connectivity index (χ3n) is 2.31. The van der Waals surface area contributed by atoms with Crippen molar-refractivity contribution >= 4 is 5.97 Å². The molecule has 0 N–H and O–H groups in total. The molecule has 1 heterocycles. The van der Waals surface area contributed by atoms with Gasteiger partial charge in [-0.25, -0.2) is 0 Å². The standard InChI is InChI=1S/C8H10O2/c9-8-7-4-2-1-3-6(7)5-10-8/h1-2,6-7H,3-5H2/t6-,7-/m0/s1. The van der Waals surface area contributed by atoms with Crippen LogP contribution in [0, 0.1) is 11.8 Å². The Kier molecular flexibility index (Phi) is 1.26. The van der Waals surface area contributed by atoms with E-state index in [1.54, 1.807) is 0 Å². The molecule has 0 bridgehead atoms. The minimum Gasteiger partial charge on any atom is -0.465 e. The van der Waals surface area contributed by atoms with Gasteiger partial charge in [0.2, 0.25) is 0 Å². The highest BCUT2D eigenvalue weighted by Crippen LogP contribution is 2.31. The SMILES string of the molecule is O=C1OC[C@@H]2CC=CC[C@H]12. The maximum absolute atomic E-state index is 11.0. The molecule has 2 rings (SSSR count). The summed E-state index contributed by atoms with van der Waals surface area (Å²) >= 11 is 0. The third-order valence-corrected chi connectivity index (χ3v) is 2.31. The van der Waals surface area contributed by atoms with Gasteiger partial charge in [-0.2, -0.15) is 0 Å². The van der Waals surface area contributed by atoms with Crippen LogP contribution in [-0.4, -0.2) is 12.6 Å². The molecule has 0 aromatic carbocycles. The molecular formula is C8H10O2. The summed E-state index contributed by atoms with van der Waals surface area (Å²) in [5.74, 6) is 0.678. The van der Waals surface area contributed by atoms with Gasteiger partial charge in [-0.3, -0.25) is 4.79 Å². The summed E-state index contributed by atoms with van der Waals surface area (Å²) in [6.07, 6.45) is 6.14. The highest BCUT2D eigenvalue weighted by Gasteiger charge is 2.36. The monoisotopic (exact) mass is 138 g/mol. The Morgan fingerprint density at radius 1 is 1.40 bits per heavy atom. The van der Waals surface area contributed by atoms with Gasteiger partial charge >= 0.3 is 5.97 Å². The number of carbonyl (C=O) groups is 1. The number of ether oxygens (including phenoxy) is 1. The van der Waals surface area contributed by atoms with Crippen LogP contribution in [0.3, 0.4) is 0 Å². The van der Waals surface area contributed by atoms with E-state index in [9.17, 15) is 4.79 Å². The summed E-state index contributed by atoms with van der Waals surface area (Å²) in [4.78, 5) is 11.0. The first-order chi connectivity index (χ1) is 4.88. The zero-order chi connectivity index (χ0) is 6.97. The highest BCUT2D eigenvalue weighted by atomic mass is 16.5. The van der Waals surface area contributed by atoms with Gasteiger partial charge in [0.15, 0.2) is 0 Å². The number of allylic oxidation sites excluding steroid dienone is 2. The lowest BCUT2D eigenvalue weighted by Crippen LogP contribution is -2.16. The van der Waals surface area contributed by atoms with Crippen LogP contribution >= 0.6 is 0 Å². The van der Waals surface area contributed by atoms with Gasteiger partial charge in [0.05, 0.1) is 12.5 Å². The lowest BCUT2D eigenvalue weighted by atomic mass is 9.86. The summed E-state index contributed by atoms with van der Waals surface area (Å²) < 4.78 is 4.92. The van der Waals surface area contributed by atoms with Gasteiger partial charge in [-0.1, -0.05) is 12.2 Å². The van der Waals surface area contributed by atoms with Crippen LogP contribution in [0.15, 0.2) is 12.2 Å². The molecular weight excluding hydrogens is 128 g/mol. The molecule has 2 heteroatoms. The quantitative estimate of drug-likeness (QED) is 0.370. The minimum atomic E-state index is 0.00866. The van der Waals surface area contributed by atoms with Gasteiger partial charge in [-0.05, 0) is 12.8 Å². The molecule has 1 aliphatic heterocycles. The fraction of sp³-hybridized carbons (Fsp3) is 0.625. The predicted octanol–water partition coefficient (Wildman–Crippen LogP) is 1.13. The number of hydrogen-bond donors (Lipinski definition) is 0. The van der Waals surface area contributed by atoms with Crippen molar-refractivity contribution in [3.05, 3.63) is 12.2 Å². The van der Waals surface area contributed by atoms with Gasteiger partial charge in [0.1, 0.15) is 0 Å². The third kappa shape index (κ3) is 0.753. The predicted molar refractivity (Wildman–Crippen MR) is 36.3 cm³/mol. The second kappa shape index (κ2) is 2.11. The maximum atomic E-state index is 11.0. The van der Waals surface area contributed by atoms with E-state index in [0.717, 1.165) is 12.8 Å². The van der Waals surface area contributed by atoms with E-state index in [4.69, 9.17) is 4.74 Å². The fourth-order valence-electron chi connectivity index (χ4n) is 1.64. The fourth-order valence-corrected chi connectivity index (χ4v) is 1.64. The number of carbonyl (C=O) groups excluding carboxylic acids is 1. The average Bonchev–Trinajstić information content (AvgIpc) is 2.34. The van der Waals surface area contributed by atoms with Gasteiger partial charge in [-0.15, -0.1) is 0 Å². The molecule has 0 aromatic heterocycles. The maximum Gasteiger partial charge on any atom is 0.309 e. The van der Waals surface area contributed by atoms with E-state index in [-0.39, 0.29) is 11.9 Å². The van der Waals surface area contributed by atoms with Gasteiger partial charge in [0, 0.05) is 5.92 Å². The topological polar surface area (TPSA) is 26.3 Å². The summed E-state index contributed by atoms with van der Waals surface area (Å²) in [7, 11) is 0. The number of esters is 1. The molecule has 1 saturated heterocycles. The van der Waals surface area contributed by atoms with Crippen molar-refractivity contribution < 1.29 is 9.53 Å². The Bertz CT molecular complexity index is 184. The molecule has 0 unspecified atom stereocenters. The zero-order valence-electron chi connectivity index (χ0n) is 5.75. The Morgan fingerprint density at radius 2 is 2.20 bits per heavy atom. The van der Waals surface area contributed by atoms with Gasteiger partial charge < -0.3 is 4.74 Å². The average molecular weight is 138 g/mol. The van der Waals surface area contributed by atoms with Crippen LogP contribution in [0.1, 0.15) is 12.8 Å². The second-order valence-electron chi connectivity index (χ2n) is 2.94. The Balaban J connectivity index is 2.17. The normalized spacial score (nSPS) is 37.4. The second-order valence-corrected chi connectivity index (χ2v) is 2.94. The van der Waals surface area contributed by atoms with Crippen molar-refractivity contribution in [3.63, 3.8) is 0 Å². The van der Waals surface area contributed by atoms with Gasteiger partial charge in [0.25, 0.3) is 0 Å². The van der Waals surface area contributed by atoms with Crippen molar-refractivity contribution in [1.29, 1.82) is 0 Å². The minimum absolute atomic E-state index is 0.00866. The van der Waals surface area contributed by atoms with E-state index in [2.05, 4.69) is 12.2 Å². The van der Waals surface area contributed by atoms with Crippen LogP contribution in [0.5, 0.6) is 0 Å². The Hall–Kier alpha value is -0.790. The van der Waals surface area contributed by atoms with E-state index in [1.165, 1.54) is 0 Å². The first kappa shape index (κ1) is 5.96. The summed E-state index contributed by atoms with van der Waals surface area (Å²) in [5.41, 5.74) is 0. The molecule has 0 saturated carbocycles. The first-order valence-electron chi connectivity index (χ1n) is 3.69. The van der Waals surface area contributed by atoms with E-state index in [0.29, 0.717) is 12.5 Å². The molecule has 0 aromatic rings. The highest BCUT2D eigenvalue weighted by molar-refractivity contribution is 5.75. The summed E-state index contributed by atoms with van der Waals surface area (Å²) in [6, 6.07) is 0. The van der Waals surface area contributed by atoms with E-state index in [1.807, 2.05) is 0 Å². The Morgan fingerprint density at radius 3 is 3.00 bits per heavy atom. The molecule has 0 radical (unpaired) electrons. The van der Waals surface area contributed by atoms with Crippen LogP contribution < -0.4 is 0 Å². The molecule has 1 fully saturated rings. The molecule has 2 aliphatic rings.